The molecule has 154 valence electrons. The molecule has 0 spiro atoms. The van der Waals surface area contributed by atoms with E-state index in [1.54, 1.807) is 12.1 Å². The van der Waals surface area contributed by atoms with Crippen molar-refractivity contribution >= 4 is 15.9 Å². The first-order chi connectivity index (χ1) is 13.9. The Kier molecular flexibility index (Phi) is 5.72. The highest BCUT2D eigenvalue weighted by Gasteiger charge is 2.28. The Bertz CT molecular complexity index is 977. The van der Waals surface area contributed by atoms with Gasteiger partial charge in [0, 0.05) is 44.3 Å². The average molecular weight is 414 g/mol. The molecule has 0 aromatic heterocycles. The van der Waals surface area contributed by atoms with Crippen LogP contribution in [0.3, 0.4) is 0 Å². The van der Waals surface area contributed by atoms with Crippen molar-refractivity contribution in [2.45, 2.75) is 37.2 Å². The summed E-state index contributed by atoms with van der Waals surface area (Å²) >= 11 is 0. The van der Waals surface area contributed by atoms with E-state index in [2.05, 4.69) is 40.8 Å². The van der Waals surface area contributed by atoms with Crippen molar-refractivity contribution < 1.29 is 13.2 Å². The minimum Gasteiger partial charge on any atom is -0.336 e. The molecule has 2 aromatic carbocycles. The van der Waals surface area contributed by atoms with Crippen LogP contribution in [0.2, 0.25) is 0 Å². The number of sulfonamides is 1. The predicted octanol–water partition coefficient (Wildman–Crippen LogP) is 2.39. The van der Waals surface area contributed by atoms with Crippen LogP contribution in [0.15, 0.2) is 53.4 Å². The number of rotatable bonds is 6. The van der Waals surface area contributed by atoms with Crippen LogP contribution in [0.4, 0.5) is 0 Å². The molecule has 1 amide bonds. The summed E-state index contributed by atoms with van der Waals surface area (Å²) in [6.07, 6.45) is 1.79. The van der Waals surface area contributed by atoms with Gasteiger partial charge in [-0.15, -0.1) is 0 Å². The van der Waals surface area contributed by atoms with Gasteiger partial charge in [0.1, 0.15) is 0 Å². The Balaban J connectivity index is 1.33. The maximum Gasteiger partial charge on any atom is 0.253 e. The third-order valence-corrected chi connectivity index (χ3v) is 7.00. The zero-order chi connectivity index (χ0) is 20.4. The normalized spacial score (nSPS) is 18.0. The van der Waals surface area contributed by atoms with Crippen LogP contribution in [0, 0.1) is 6.92 Å². The Labute approximate surface area is 172 Å². The van der Waals surface area contributed by atoms with Crippen LogP contribution < -0.4 is 4.72 Å². The molecule has 0 atom stereocenters. The monoisotopic (exact) mass is 413 g/mol. The van der Waals surface area contributed by atoms with Gasteiger partial charge in [-0.2, -0.15) is 0 Å². The molecule has 4 rings (SSSR count). The summed E-state index contributed by atoms with van der Waals surface area (Å²) in [6.45, 7) is 6.00. The van der Waals surface area contributed by atoms with Crippen molar-refractivity contribution in [3.05, 3.63) is 65.2 Å². The number of hydrogen-bond donors (Lipinski definition) is 1. The first kappa shape index (κ1) is 20.1. The summed E-state index contributed by atoms with van der Waals surface area (Å²) in [5.41, 5.74) is 3.08. The van der Waals surface area contributed by atoms with E-state index in [1.807, 2.05) is 4.90 Å². The maximum absolute atomic E-state index is 12.8. The molecule has 29 heavy (non-hydrogen) atoms. The molecule has 1 saturated carbocycles. The lowest BCUT2D eigenvalue weighted by Crippen LogP contribution is -2.48. The zero-order valence-electron chi connectivity index (χ0n) is 16.7. The molecule has 7 heteroatoms. The van der Waals surface area contributed by atoms with E-state index in [-0.39, 0.29) is 16.8 Å². The molecule has 2 fully saturated rings. The van der Waals surface area contributed by atoms with Gasteiger partial charge in [0.05, 0.1) is 4.90 Å². The van der Waals surface area contributed by atoms with E-state index in [4.69, 9.17) is 0 Å². The second-order valence-corrected chi connectivity index (χ2v) is 9.69. The summed E-state index contributed by atoms with van der Waals surface area (Å²) in [4.78, 5) is 17.2. The molecule has 2 aromatic rings. The number of amides is 1. The van der Waals surface area contributed by atoms with E-state index in [0.717, 1.165) is 32.5 Å². The molecule has 1 heterocycles. The largest absolute Gasteiger partial charge is 0.336 e. The van der Waals surface area contributed by atoms with E-state index in [1.165, 1.54) is 23.3 Å². The van der Waals surface area contributed by atoms with Crippen LogP contribution in [0.5, 0.6) is 0 Å². The molecule has 1 aliphatic heterocycles. The quantitative estimate of drug-likeness (QED) is 0.790. The summed E-state index contributed by atoms with van der Waals surface area (Å²) in [5.74, 6) is -0.0423. The first-order valence-electron chi connectivity index (χ1n) is 10.1. The predicted molar refractivity (Wildman–Crippen MR) is 112 cm³/mol. The number of carbonyl (C=O) groups is 1. The zero-order valence-corrected chi connectivity index (χ0v) is 17.5. The Morgan fingerprint density at radius 1 is 1.03 bits per heavy atom. The molecule has 0 radical (unpaired) electrons. The van der Waals surface area contributed by atoms with E-state index in [9.17, 15) is 13.2 Å². The molecular formula is C22H27N3O3S. The SMILES string of the molecule is Cc1cccc(CN2CCN(C(=O)c3ccc(S(=O)(=O)NC4CC4)cc3)CC2)c1. The maximum atomic E-state index is 12.8. The Morgan fingerprint density at radius 3 is 2.34 bits per heavy atom. The fourth-order valence-corrected chi connectivity index (χ4v) is 4.93. The van der Waals surface area contributed by atoms with Crippen LogP contribution in [-0.2, 0) is 16.6 Å². The molecule has 2 aliphatic rings. The van der Waals surface area contributed by atoms with E-state index < -0.39 is 10.0 Å². The van der Waals surface area contributed by atoms with Crippen molar-refractivity contribution in [3.8, 4) is 0 Å². The lowest BCUT2D eigenvalue weighted by atomic mass is 10.1. The summed E-state index contributed by atoms with van der Waals surface area (Å²) in [7, 11) is -3.49. The van der Waals surface area contributed by atoms with Gasteiger partial charge in [0.2, 0.25) is 10.0 Å². The van der Waals surface area contributed by atoms with Gasteiger partial charge in [0.25, 0.3) is 5.91 Å². The van der Waals surface area contributed by atoms with Crippen LogP contribution in [0.1, 0.15) is 34.3 Å². The molecule has 0 bridgehead atoms. The van der Waals surface area contributed by atoms with Gasteiger partial charge >= 0.3 is 0 Å². The summed E-state index contributed by atoms with van der Waals surface area (Å²) < 4.78 is 27.2. The Morgan fingerprint density at radius 2 is 1.72 bits per heavy atom. The highest BCUT2D eigenvalue weighted by Crippen LogP contribution is 2.22. The molecular weight excluding hydrogens is 386 g/mol. The lowest BCUT2D eigenvalue weighted by molar-refractivity contribution is 0.0628. The van der Waals surface area contributed by atoms with Crippen LogP contribution >= 0.6 is 0 Å². The van der Waals surface area contributed by atoms with Gasteiger partial charge in [-0.3, -0.25) is 9.69 Å². The highest BCUT2D eigenvalue weighted by molar-refractivity contribution is 7.89. The van der Waals surface area contributed by atoms with E-state index >= 15 is 0 Å². The van der Waals surface area contributed by atoms with Crippen LogP contribution in [0.25, 0.3) is 0 Å². The van der Waals surface area contributed by atoms with Gasteiger partial charge in [-0.05, 0) is 49.6 Å². The second kappa shape index (κ2) is 8.26. The molecule has 6 nitrogen and oxygen atoms in total. The minimum atomic E-state index is -3.49. The number of benzene rings is 2. The number of carbonyl (C=O) groups excluding carboxylic acids is 1. The highest BCUT2D eigenvalue weighted by atomic mass is 32.2. The summed E-state index contributed by atoms with van der Waals surface area (Å²) in [6, 6.07) is 14.8. The molecule has 1 N–H and O–H groups in total. The third-order valence-electron chi connectivity index (χ3n) is 5.46. The average Bonchev–Trinajstić information content (AvgIpc) is 3.51. The number of nitrogens with zero attached hydrogens (tertiary/aromatic N) is 2. The molecule has 0 unspecified atom stereocenters. The number of aryl methyl sites for hydroxylation is 1. The topological polar surface area (TPSA) is 69.7 Å². The van der Waals surface area contributed by atoms with Gasteiger partial charge in [-0.25, -0.2) is 13.1 Å². The fraction of sp³-hybridized carbons (Fsp3) is 0.409. The molecule has 1 saturated heterocycles. The van der Waals surface area contributed by atoms with Crippen molar-refractivity contribution in [2.24, 2.45) is 0 Å². The van der Waals surface area contributed by atoms with E-state index in [0.29, 0.717) is 18.7 Å². The van der Waals surface area contributed by atoms with Crippen molar-refractivity contribution in [2.75, 3.05) is 26.2 Å². The van der Waals surface area contributed by atoms with Crippen LogP contribution in [-0.4, -0.2) is 56.3 Å². The van der Waals surface area contributed by atoms with Gasteiger partial charge < -0.3 is 4.90 Å². The number of nitrogens with one attached hydrogen (secondary N) is 1. The fourth-order valence-electron chi connectivity index (χ4n) is 3.63. The Hall–Kier alpha value is -2.22. The van der Waals surface area contributed by atoms with Gasteiger partial charge in [-0.1, -0.05) is 29.8 Å². The second-order valence-electron chi connectivity index (χ2n) is 7.98. The van der Waals surface area contributed by atoms with Crippen molar-refractivity contribution in [1.29, 1.82) is 0 Å². The lowest BCUT2D eigenvalue weighted by Gasteiger charge is -2.34. The number of hydrogen-bond acceptors (Lipinski definition) is 4. The summed E-state index contributed by atoms with van der Waals surface area (Å²) in [5, 5.41) is 0. The minimum absolute atomic E-state index is 0.0423. The standard InChI is InChI=1S/C22H27N3O3S/c1-17-3-2-4-18(15-17)16-24-11-13-25(14-12-24)22(26)19-5-9-21(10-6-19)29(27,28)23-20-7-8-20/h2-6,9-10,15,20,23H,7-8,11-14,16H2,1H3. The first-order valence-corrected chi connectivity index (χ1v) is 11.6. The van der Waals surface area contributed by atoms with Gasteiger partial charge in [0.15, 0.2) is 0 Å². The molecule has 1 aliphatic carbocycles. The number of piperazine rings is 1. The van der Waals surface area contributed by atoms with Crippen molar-refractivity contribution in [3.63, 3.8) is 0 Å². The van der Waals surface area contributed by atoms with Crippen molar-refractivity contribution in [1.82, 2.24) is 14.5 Å². The third kappa shape index (κ3) is 5.04. The smallest absolute Gasteiger partial charge is 0.253 e.